The number of nitrogens with two attached hydrogens (primary N) is 1. The van der Waals surface area contributed by atoms with Gasteiger partial charge < -0.3 is 21.1 Å². The van der Waals surface area contributed by atoms with E-state index in [9.17, 15) is 29.7 Å². The van der Waals surface area contributed by atoms with Gasteiger partial charge in [-0.15, -0.1) is 12.4 Å². The Morgan fingerprint density at radius 3 is 1.33 bits per heavy atom. The number of aliphatic carboxylic acids is 3. The van der Waals surface area contributed by atoms with Crippen LogP contribution >= 0.6 is 12.4 Å². The zero-order valence-corrected chi connectivity index (χ0v) is 14.2. The van der Waals surface area contributed by atoms with Crippen LogP contribution in [0.5, 0.6) is 0 Å². The summed E-state index contributed by atoms with van der Waals surface area (Å²) in [7, 11) is 0. The summed E-state index contributed by atoms with van der Waals surface area (Å²) in [6.45, 7) is 0.433. The third-order valence-electron chi connectivity index (χ3n) is 6.44. The van der Waals surface area contributed by atoms with Gasteiger partial charge in [-0.1, -0.05) is 0 Å². The van der Waals surface area contributed by atoms with Gasteiger partial charge in [-0.25, -0.2) is 0 Å². The van der Waals surface area contributed by atoms with Gasteiger partial charge in [0.1, 0.15) is 0 Å². The van der Waals surface area contributed by atoms with Crippen molar-refractivity contribution in [3.05, 3.63) is 0 Å². The second-order valence-electron chi connectivity index (χ2n) is 8.21. The lowest BCUT2D eigenvalue weighted by molar-refractivity contribution is -0.227. The van der Waals surface area contributed by atoms with Crippen LogP contribution in [0.3, 0.4) is 0 Å². The predicted octanol–water partition coefficient (Wildman–Crippen LogP) is 1.73. The summed E-state index contributed by atoms with van der Waals surface area (Å²) in [5.74, 6) is -3.15. The van der Waals surface area contributed by atoms with Crippen molar-refractivity contribution in [1.82, 2.24) is 0 Å². The second-order valence-corrected chi connectivity index (χ2v) is 8.21. The van der Waals surface area contributed by atoms with E-state index in [2.05, 4.69) is 0 Å². The van der Waals surface area contributed by atoms with Crippen LogP contribution in [0.2, 0.25) is 0 Å². The highest BCUT2D eigenvalue weighted by Crippen LogP contribution is 2.75. The fourth-order valence-corrected chi connectivity index (χ4v) is 6.27. The fourth-order valence-electron chi connectivity index (χ4n) is 6.27. The van der Waals surface area contributed by atoms with Crippen molar-refractivity contribution in [2.75, 3.05) is 6.54 Å². The lowest BCUT2D eigenvalue weighted by atomic mass is 9.34. The molecule has 0 radical (unpaired) electrons. The molecule has 0 amide bonds. The fraction of sp³-hybridized carbons (Fsp3) is 0.812. The zero-order chi connectivity index (χ0) is 17.1. The molecule has 4 saturated carbocycles. The Morgan fingerprint density at radius 1 is 0.750 bits per heavy atom. The lowest BCUT2D eigenvalue weighted by Crippen LogP contribution is -2.66. The summed E-state index contributed by atoms with van der Waals surface area (Å²) in [6, 6.07) is 0. The van der Waals surface area contributed by atoms with Gasteiger partial charge in [0.15, 0.2) is 0 Å². The van der Waals surface area contributed by atoms with Crippen molar-refractivity contribution >= 4 is 30.3 Å². The minimum absolute atomic E-state index is 0. The van der Waals surface area contributed by atoms with Crippen molar-refractivity contribution in [1.29, 1.82) is 0 Å². The predicted molar refractivity (Wildman–Crippen MR) is 85.9 cm³/mol. The number of hydrogen-bond donors (Lipinski definition) is 4. The molecule has 0 aliphatic heterocycles. The van der Waals surface area contributed by atoms with E-state index >= 15 is 0 Å². The van der Waals surface area contributed by atoms with Gasteiger partial charge in [0.05, 0.1) is 16.2 Å². The van der Waals surface area contributed by atoms with Crippen LogP contribution in [-0.2, 0) is 14.4 Å². The van der Waals surface area contributed by atoms with Crippen molar-refractivity contribution in [2.45, 2.75) is 51.4 Å². The number of halogens is 1. The maximum Gasteiger partial charge on any atom is 0.309 e. The van der Waals surface area contributed by atoms with E-state index in [-0.39, 0.29) is 31.7 Å². The SMILES string of the molecule is Cl.NCCCC12CC3(C(=O)O)CC(C(=O)O)(C1)CC(C(=O)O)(C2)C3. The molecule has 4 fully saturated rings. The first-order valence-corrected chi connectivity index (χ1v) is 8.04. The van der Waals surface area contributed by atoms with Gasteiger partial charge in [-0.3, -0.25) is 14.4 Å². The van der Waals surface area contributed by atoms with Gasteiger partial charge in [-0.2, -0.15) is 0 Å². The summed E-state index contributed by atoms with van der Waals surface area (Å²) in [5, 5.41) is 29.4. The quantitative estimate of drug-likeness (QED) is 0.565. The Labute approximate surface area is 146 Å². The summed E-state index contributed by atoms with van der Waals surface area (Å²) in [4.78, 5) is 36.0. The highest BCUT2D eigenvalue weighted by Gasteiger charge is 2.74. The van der Waals surface area contributed by atoms with Crippen LogP contribution in [0.4, 0.5) is 0 Å². The largest absolute Gasteiger partial charge is 0.481 e. The molecule has 0 unspecified atom stereocenters. The van der Waals surface area contributed by atoms with E-state index in [0.717, 1.165) is 0 Å². The molecule has 8 heteroatoms. The van der Waals surface area contributed by atoms with E-state index in [1.54, 1.807) is 0 Å². The van der Waals surface area contributed by atoms with Crippen LogP contribution in [0, 0.1) is 21.7 Å². The van der Waals surface area contributed by atoms with Crippen LogP contribution in [-0.4, -0.2) is 39.8 Å². The highest BCUT2D eigenvalue weighted by molar-refractivity contribution is 5.86. The van der Waals surface area contributed by atoms with Gasteiger partial charge in [0.2, 0.25) is 0 Å². The van der Waals surface area contributed by atoms with Crippen molar-refractivity contribution in [3.8, 4) is 0 Å². The normalized spacial score (nSPS) is 42.4. The number of rotatable bonds is 6. The molecule has 4 aliphatic carbocycles. The van der Waals surface area contributed by atoms with E-state index < -0.39 is 39.6 Å². The smallest absolute Gasteiger partial charge is 0.309 e. The molecule has 4 aliphatic rings. The molecule has 24 heavy (non-hydrogen) atoms. The van der Waals surface area contributed by atoms with Crippen molar-refractivity contribution < 1.29 is 29.7 Å². The minimum Gasteiger partial charge on any atom is -0.481 e. The molecular weight excluding hydrogens is 338 g/mol. The zero-order valence-electron chi connectivity index (χ0n) is 13.4. The lowest BCUT2D eigenvalue weighted by Gasteiger charge is -2.67. The molecule has 5 N–H and O–H groups in total. The number of hydrogen-bond acceptors (Lipinski definition) is 4. The molecule has 4 rings (SSSR count). The maximum atomic E-state index is 12.0. The highest BCUT2D eigenvalue weighted by atomic mass is 35.5. The minimum atomic E-state index is -1.24. The third kappa shape index (κ3) is 2.40. The second kappa shape index (κ2) is 5.59. The molecule has 0 atom stereocenters. The Morgan fingerprint density at radius 2 is 1.08 bits per heavy atom. The molecule has 136 valence electrons. The Kier molecular flexibility index (Phi) is 4.43. The monoisotopic (exact) mass is 361 g/mol. The standard InChI is InChI=1S/C16H23NO6.ClH/c17-3-1-2-13-4-14(10(18)19)7-15(5-13,11(20)21)9-16(6-13,8-14)12(22)23;/h1-9,17H2,(H,18,19)(H,20,21)(H,22,23);1H. The van der Waals surface area contributed by atoms with E-state index in [0.29, 0.717) is 38.6 Å². The summed E-state index contributed by atoms with van der Waals surface area (Å²) < 4.78 is 0. The Bertz CT molecular complexity index is 509. The number of carbonyl (C=O) groups is 3. The van der Waals surface area contributed by atoms with E-state index in [4.69, 9.17) is 5.73 Å². The molecule has 0 aromatic rings. The molecule has 0 spiro atoms. The molecular formula is C16H24ClNO6. The summed E-state index contributed by atoms with van der Waals surface area (Å²) >= 11 is 0. The average molecular weight is 362 g/mol. The van der Waals surface area contributed by atoms with Crippen LogP contribution < -0.4 is 5.73 Å². The first kappa shape index (κ1) is 19.0. The van der Waals surface area contributed by atoms with Gasteiger partial charge in [0.25, 0.3) is 0 Å². The molecule has 7 nitrogen and oxygen atoms in total. The first-order chi connectivity index (χ1) is 10.6. The van der Waals surface area contributed by atoms with Crippen molar-refractivity contribution in [2.24, 2.45) is 27.4 Å². The average Bonchev–Trinajstić information content (AvgIpc) is 2.43. The maximum absolute atomic E-state index is 12.0. The van der Waals surface area contributed by atoms with E-state index in [1.807, 2.05) is 0 Å². The Hall–Kier alpha value is -1.34. The van der Waals surface area contributed by atoms with E-state index in [1.165, 1.54) is 0 Å². The molecule has 4 bridgehead atoms. The summed E-state index contributed by atoms with van der Waals surface area (Å²) in [6.07, 6.45) is 2.51. The van der Waals surface area contributed by atoms with Crippen LogP contribution in [0.1, 0.15) is 51.4 Å². The molecule has 0 aromatic heterocycles. The van der Waals surface area contributed by atoms with Crippen molar-refractivity contribution in [3.63, 3.8) is 0 Å². The molecule has 0 saturated heterocycles. The van der Waals surface area contributed by atoms with Gasteiger partial charge >= 0.3 is 17.9 Å². The Balaban J connectivity index is 0.00000208. The topological polar surface area (TPSA) is 138 Å². The number of carboxylic acid groups (broad SMARTS) is 3. The molecule has 0 aromatic carbocycles. The van der Waals surface area contributed by atoms with Gasteiger partial charge in [-0.05, 0) is 63.3 Å². The molecule has 0 heterocycles. The van der Waals surface area contributed by atoms with Gasteiger partial charge in [0, 0.05) is 0 Å². The third-order valence-corrected chi connectivity index (χ3v) is 6.44. The van der Waals surface area contributed by atoms with Crippen LogP contribution in [0.15, 0.2) is 0 Å². The first-order valence-electron chi connectivity index (χ1n) is 8.04. The van der Waals surface area contributed by atoms with Crippen LogP contribution in [0.25, 0.3) is 0 Å². The summed E-state index contributed by atoms with van der Waals surface area (Å²) in [5.41, 5.74) is 1.34. The number of carboxylic acids is 3.